The van der Waals surface area contributed by atoms with E-state index < -0.39 is 5.97 Å². The van der Waals surface area contributed by atoms with Crippen molar-refractivity contribution in [2.45, 2.75) is 38.6 Å². The van der Waals surface area contributed by atoms with Crippen LogP contribution in [0.15, 0.2) is 0 Å². The summed E-state index contributed by atoms with van der Waals surface area (Å²) in [5.74, 6) is 0.146. The second-order valence-corrected chi connectivity index (χ2v) is 4.91. The summed E-state index contributed by atoms with van der Waals surface area (Å²) in [4.78, 5) is 13.3. The number of carbonyl (C=O) groups is 1. The molecule has 0 aromatic heterocycles. The molecule has 2 aliphatic rings. The summed E-state index contributed by atoms with van der Waals surface area (Å²) in [6.45, 7) is 4.61. The topological polar surface area (TPSA) is 40.5 Å². The van der Waals surface area contributed by atoms with Crippen molar-refractivity contribution in [3.63, 3.8) is 0 Å². The second-order valence-electron chi connectivity index (χ2n) is 4.91. The highest BCUT2D eigenvalue weighted by Gasteiger charge is 2.34. The molecule has 2 atom stereocenters. The van der Waals surface area contributed by atoms with Gasteiger partial charge in [0, 0.05) is 19.1 Å². The van der Waals surface area contributed by atoms with E-state index in [0.717, 1.165) is 25.2 Å². The molecule has 0 aromatic rings. The molecule has 0 radical (unpaired) electrons. The molecule has 2 rings (SSSR count). The zero-order chi connectivity index (χ0) is 10.1. The van der Waals surface area contributed by atoms with Crippen LogP contribution in [0.25, 0.3) is 0 Å². The second kappa shape index (κ2) is 3.89. The fraction of sp³-hybridized carbons (Fsp3) is 0.909. The van der Waals surface area contributed by atoms with Gasteiger partial charge in [0.25, 0.3) is 0 Å². The Morgan fingerprint density at radius 2 is 2.07 bits per heavy atom. The van der Waals surface area contributed by atoms with Crippen LogP contribution in [0.2, 0.25) is 0 Å². The zero-order valence-corrected chi connectivity index (χ0v) is 8.78. The van der Waals surface area contributed by atoms with Crippen LogP contribution in [0, 0.1) is 11.8 Å². The first-order valence-corrected chi connectivity index (χ1v) is 5.63. The first-order valence-electron chi connectivity index (χ1n) is 5.63. The molecule has 2 unspecified atom stereocenters. The maximum atomic E-state index is 10.9. The zero-order valence-electron chi connectivity index (χ0n) is 8.78. The molecule has 1 heterocycles. The largest absolute Gasteiger partial charge is 0.481 e. The van der Waals surface area contributed by atoms with E-state index in [4.69, 9.17) is 5.11 Å². The highest BCUT2D eigenvalue weighted by molar-refractivity contribution is 5.70. The third-order valence-electron chi connectivity index (χ3n) is 3.60. The number of aliphatic carboxylic acids is 1. The van der Waals surface area contributed by atoms with Crippen molar-refractivity contribution in [2.24, 2.45) is 11.8 Å². The van der Waals surface area contributed by atoms with E-state index in [1.54, 1.807) is 0 Å². The number of hydrogen-bond acceptors (Lipinski definition) is 2. The van der Waals surface area contributed by atoms with Crippen molar-refractivity contribution in [2.75, 3.05) is 13.1 Å². The van der Waals surface area contributed by atoms with Crippen LogP contribution in [0.1, 0.15) is 32.6 Å². The Morgan fingerprint density at radius 1 is 1.36 bits per heavy atom. The van der Waals surface area contributed by atoms with Crippen LogP contribution in [0.5, 0.6) is 0 Å². The molecule has 0 aromatic carbocycles. The predicted molar refractivity (Wildman–Crippen MR) is 54.1 cm³/mol. The molecule has 1 aliphatic carbocycles. The molecule has 1 saturated carbocycles. The lowest BCUT2D eigenvalue weighted by atomic mass is 9.83. The minimum atomic E-state index is -0.594. The highest BCUT2D eigenvalue weighted by Crippen LogP contribution is 2.31. The Morgan fingerprint density at radius 3 is 2.64 bits per heavy atom. The summed E-state index contributed by atoms with van der Waals surface area (Å²) in [5, 5.41) is 8.96. The third kappa shape index (κ3) is 1.92. The first-order chi connectivity index (χ1) is 6.66. The molecule has 0 bridgehead atoms. The normalized spacial score (nSPS) is 35.2. The number of likely N-dealkylation sites (tertiary alicyclic amines) is 1. The number of hydrogen-bond donors (Lipinski definition) is 1. The Labute approximate surface area is 85.1 Å². The van der Waals surface area contributed by atoms with Gasteiger partial charge in [-0.05, 0) is 25.2 Å². The van der Waals surface area contributed by atoms with Gasteiger partial charge in [-0.3, -0.25) is 9.69 Å². The van der Waals surface area contributed by atoms with Crippen LogP contribution in [-0.2, 0) is 4.79 Å². The highest BCUT2D eigenvalue weighted by atomic mass is 16.4. The average molecular weight is 197 g/mol. The van der Waals surface area contributed by atoms with Crippen molar-refractivity contribution < 1.29 is 9.90 Å². The van der Waals surface area contributed by atoms with E-state index in [9.17, 15) is 4.79 Å². The molecule has 80 valence electrons. The van der Waals surface area contributed by atoms with Gasteiger partial charge in [-0.15, -0.1) is 0 Å². The van der Waals surface area contributed by atoms with Crippen molar-refractivity contribution in [1.29, 1.82) is 0 Å². The van der Waals surface area contributed by atoms with Gasteiger partial charge in [-0.1, -0.05) is 13.3 Å². The molecule has 0 amide bonds. The van der Waals surface area contributed by atoms with E-state index in [-0.39, 0.29) is 5.92 Å². The molecule has 14 heavy (non-hydrogen) atoms. The SMILES string of the molecule is CC1CN(C2CCCC(C(=O)O)C2)C1. The monoisotopic (exact) mass is 197 g/mol. The molecular formula is C11H19NO2. The lowest BCUT2D eigenvalue weighted by Gasteiger charge is -2.45. The van der Waals surface area contributed by atoms with Crippen LogP contribution in [0.3, 0.4) is 0 Å². The van der Waals surface area contributed by atoms with Gasteiger partial charge in [0.2, 0.25) is 0 Å². The third-order valence-corrected chi connectivity index (χ3v) is 3.60. The Balaban J connectivity index is 1.85. The fourth-order valence-corrected chi connectivity index (χ4v) is 2.77. The number of rotatable bonds is 2. The summed E-state index contributed by atoms with van der Waals surface area (Å²) >= 11 is 0. The summed E-state index contributed by atoms with van der Waals surface area (Å²) < 4.78 is 0. The minimum Gasteiger partial charge on any atom is -0.481 e. The minimum absolute atomic E-state index is 0.0790. The maximum absolute atomic E-state index is 10.9. The molecule has 1 N–H and O–H groups in total. The summed E-state index contributed by atoms with van der Waals surface area (Å²) in [5.41, 5.74) is 0. The van der Waals surface area contributed by atoms with Crippen LogP contribution in [0.4, 0.5) is 0 Å². The lowest BCUT2D eigenvalue weighted by molar-refractivity contribution is -0.144. The van der Waals surface area contributed by atoms with E-state index in [1.807, 2.05) is 0 Å². The number of nitrogens with zero attached hydrogens (tertiary/aromatic N) is 1. The molecule has 0 spiro atoms. The lowest BCUT2D eigenvalue weighted by Crippen LogP contribution is -2.52. The van der Waals surface area contributed by atoms with Gasteiger partial charge in [-0.2, -0.15) is 0 Å². The van der Waals surface area contributed by atoms with Crippen molar-refractivity contribution >= 4 is 5.97 Å². The molecule has 2 fully saturated rings. The smallest absolute Gasteiger partial charge is 0.306 e. The van der Waals surface area contributed by atoms with Gasteiger partial charge in [0.05, 0.1) is 5.92 Å². The van der Waals surface area contributed by atoms with Gasteiger partial charge in [0.1, 0.15) is 0 Å². The maximum Gasteiger partial charge on any atom is 0.306 e. The van der Waals surface area contributed by atoms with Crippen LogP contribution >= 0.6 is 0 Å². The van der Waals surface area contributed by atoms with Gasteiger partial charge in [-0.25, -0.2) is 0 Å². The summed E-state index contributed by atoms with van der Waals surface area (Å²) in [6.07, 6.45) is 4.06. The van der Waals surface area contributed by atoms with E-state index in [2.05, 4.69) is 11.8 Å². The van der Waals surface area contributed by atoms with Crippen molar-refractivity contribution in [1.82, 2.24) is 4.90 Å². The van der Waals surface area contributed by atoms with Crippen LogP contribution in [-0.4, -0.2) is 35.1 Å². The van der Waals surface area contributed by atoms with Gasteiger partial charge >= 0.3 is 5.97 Å². The van der Waals surface area contributed by atoms with Gasteiger partial charge < -0.3 is 5.11 Å². The Hall–Kier alpha value is -0.570. The van der Waals surface area contributed by atoms with Gasteiger partial charge in [0.15, 0.2) is 0 Å². The fourth-order valence-electron chi connectivity index (χ4n) is 2.77. The first kappa shape index (κ1) is 9.97. The molecule has 1 saturated heterocycles. The number of carboxylic acid groups (broad SMARTS) is 1. The van der Waals surface area contributed by atoms with Crippen molar-refractivity contribution in [3.8, 4) is 0 Å². The number of carboxylic acids is 1. The summed E-state index contributed by atoms with van der Waals surface area (Å²) in [6, 6.07) is 0.557. The summed E-state index contributed by atoms with van der Waals surface area (Å²) in [7, 11) is 0. The standard InChI is InChI=1S/C11H19NO2/c1-8-6-12(7-8)10-4-2-3-9(5-10)11(13)14/h8-10H,2-7H2,1H3,(H,13,14). The van der Waals surface area contributed by atoms with Crippen LogP contribution < -0.4 is 0 Å². The predicted octanol–water partition coefficient (Wildman–Crippen LogP) is 1.58. The average Bonchev–Trinajstić information content (AvgIpc) is 2.13. The molecule has 3 heteroatoms. The molecule has 1 aliphatic heterocycles. The Bertz CT molecular complexity index is 223. The quantitative estimate of drug-likeness (QED) is 0.730. The molecule has 3 nitrogen and oxygen atoms in total. The Kier molecular flexibility index (Phi) is 2.77. The van der Waals surface area contributed by atoms with E-state index in [1.165, 1.54) is 19.5 Å². The molecular weight excluding hydrogens is 178 g/mol. The van der Waals surface area contributed by atoms with Crippen molar-refractivity contribution in [3.05, 3.63) is 0 Å². The van der Waals surface area contributed by atoms with E-state index >= 15 is 0 Å². The van der Waals surface area contributed by atoms with E-state index in [0.29, 0.717) is 6.04 Å².